The Kier molecular flexibility index (Phi) is 7.45. The topological polar surface area (TPSA) is 3.01 Å². The first kappa shape index (κ1) is 25.2. The van der Waals surface area contributed by atoms with Crippen molar-refractivity contribution in [3.63, 3.8) is 0 Å². The molecule has 0 saturated heterocycles. The van der Waals surface area contributed by atoms with Crippen molar-refractivity contribution in [2.75, 3.05) is 0 Å². The Labute approximate surface area is 184 Å². The van der Waals surface area contributed by atoms with Crippen LogP contribution in [0, 0.1) is 0 Å². The molecule has 170 valence electrons. The number of rotatable bonds is 4. The van der Waals surface area contributed by atoms with Crippen molar-refractivity contribution in [3.8, 4) is 0 Å². The van der Waals surface area contributed by atoms with E-state index in [4.69, 9.17) is 0 Å². The molecule has 1 heterocycles. The fourth-order valence-corrected chi connectivity index (χ4v) is 4.64. The van der Waals surface area contributed by atoms with Crippen molar-refractivity contribution in [1.29, 1.82) is 0 Å². The van der Waals surface area contributed by atoms with Gasteiger partial charge >= 0.3 is 7.25 Å². The summed E-state index contributed by atoms with van der Waals surface area (Å²) in [6.07, 6.45) is 3.61. The molecule has 0 aromatic heterocycles. The molecule has 3 rings (SSSR count). The third-order valence-corrected chi connectivity index (χ3v) is 5.88. The lowest BCUT2D eigenvalue weighted by Crippen LogP contribution is -2.31. The zero-order valence-corrected chi connectivity index (χ0v) is 19.6. The van der Waals surface area contributed by atoms with Crippen molar-refractivity contribution >= 4 is 19.2 Å². The fourth-order valence-electron chi connectivity index (χ4n) is 4.64. The first-order valence-corrected chi connectivity index (χ1v) is 10.9. The molecular formula is C25H34BF4N. The molecule has 0 radical (unpaired) electrons. The molecule has 2 aromatic carbocycles. The van der Waals surface area contributed by atoms with Crippen LogP contribution in [-0.4, -0.2) is 23.6 Å². The monoisotopic (exact) mass is 435 g/mol. The lowest BCUT2D eigenvalue weighted by atomic mass is 9.77. The third kappa shape index (κ3) is 6.21. The minimum absolute atomic E-state index is 0.0586. The van der Waals surface area contributed by atoms with Gasteiger partial charge in [-0.15, -0.1) is 0 Å². The molecule has 0 fully saturated rings. The summed E-state index contributed by atoms with van der Waals surface area (Å²) in [6.45, 7) is 16.4. The molecular weight excluding hydrogens is 401 g/mol. The highest BCUT2D eigenvalue weighted by Gasteiger charge is 2.50. The zero-order valence-electron chi connectivity index (χ0n) is 19.6. The lowest BCUT2D eigenvalue weighted by Gasteiger charge is -2.24. The van der Waals surface area contributed by atoms with Gasteiger partial charge in [0, 0.05) is 31.4 Å². The second kappa shape index (κ2) is 9.18. The normalized spacial score (nSPS) is 20.5. The van der Waals surface area contributed by atoms with Gasteiger partial charge in [0.05, 0.1) is 5.41 Å². The Morgan fingerprint density at radius 1 is 0.774 bits per heavy atom. The lowest BCUT2D eigenvalue weighted by molar-refractivity contribution is -0.513. The van der Waals surface area contributed by atoms with Crippen LogP contribution in [0.5, 0.6) is 0 Å². The maximum absolute atomic E-state index is 9.75. The van der Waals surface area contributed by atoms with Gasteiger partial charge in [0.25, 0.3) is 0 Å². The summed E-state index contributed by atoms with van der Waals surface area (Å²) in [4.78, 5) is 0. The van der Waals surface area contributed by atoms with Crippen LogP contribution in [0.4, 0.5) is 23.0 Å². The van der Waals surface area contributed by atoms with Crippen molar-refractivity contribution in [2.24, 2.45) is 0 Å². The van der Waals surface area contributed by atoms with Crippen LogP contribution in [0.25, 0.3) is 0 Å². The number of benzene rings is 2. The summed E-state index contributed by atoms with van der Waals surface area (Å²) >= 11 is 0. The quantitative estimate of drug-likeness (QED) is 0.259. The Bertz CT molecular complexity index is 885. The summed E-state index contributed by atoms with van der Waals surface area (Å²) < 4.78 is 41.6. The number of nitrogens with zero attached hydrogens (tertiary/aromatic N) is 1. The molecule has 1 aliphatic rings. The van der Waals surface area contributed by atoms with E-state index in [2.05, 4.69) is 108 Å². The Morgan fingerprint density at radius 3 is 1.65 bits per heavy atom. The van der Waals surface area contributed by atoms with Gasteiger partial charge in [-0.2, -0.15) is 4.58 Å². The van der Waals surface area contributed by atoms with Crippen molar-refractivity contribution < 1.29 is 21.8 Å². The highest BCUT2D eigenvalue weighted by atomic mass is 19.5. The Hall–Kier alpha value is -2.11. The van der Waals surface area contributed by atoms with E-state index in [-0.39, 0.29) is 11.0 Å². The summed E-state index contributed by atoms with van der Waals surface area (Å²) in [5.41, 5.74) is 5.89. The molecule has 0 bridgehead atoms. The van der Waals surface area contributed by atoms with Crippen LogP contribution in [0.15, 0.2) is 48.5 Å². The van der Waals surface area contributed by atoms with E-state index in [9.17, 15) is 17.3 Å². The number of para-hydroxylation sites is 1. The van der Waals surface area contributed by atoms with Crippen LogP contribution in [0.1, 0.15) is 83.4 Å². The predicted molar refractivity (Wildman–Crippen MR) is 123 cm³/mol. The summed E-state index contributed by atoms with van der Waals surface area (Å²) in [5.74, 6) is 1.02. The van der Waals surface area contributed by atoms with Crippen LogP contribution in [0.3, 0.4) is 0 Å². The van der Waals surface area contributed by atoms with Gasteiger partial charge in [0.2, 0.25) is 5.69 Å². The standard InChI is InChI=1S/C25H34N.BF4/c1-18(2)21-14-11-15-22(19(3)4)23(21)26-17-25(7,16-24(26,5)6)20-12-9-8-10-13-20;2-1(3,4)5/h8-15,17-19H,16H2,1-7H3;/q+1;-1. The zero-order chi connectivity index (χ0) is 23.6. The molecule has 0 spiro atoms. The highest BCUT2D eigenvalue weighted by Crippen LogP contribution is 2.45. The van der Waals surface area contributed by atoms with E-state index in [1.165, 1.54) is 22.4 Å². The van der Waals surface area contributed by atoms with Gasteiger partial charge in [-0.25, -0.2) is 0 Å². The minimum atomic E-state index is -6.00. The predicted octanol–water partition coefficient (Wildman–Crippen LogP) is 8.09. The Balaban J connectivity index is 0.000000614. The fraction of sp³-hybridized carbons (Fsp3) is 0.480. The van der Waals surface area contributed by atoms with Gasteiger partial charge in [-0.3, -0.25) is 0 Å². The van der Waals surface area contributed by atoms with Crippen LogP contribution in [0.2, 0.25) is 0 Å². The van der Waals surface area contributed by atoms with Gasteiger partial charge in [0.1, 0.15) is 0 Å². The van der Waals surface area contributed by atoms with Gasteiger partial charge < -0.3 is 17.3 Å². The molecule has 2 aromatic rings. The largest absolute Gasteiger partial charge is 0.673 e. The van der Waals surface area contributed by atoms with E-state index in [0.29, 0.717) is 11.8 Å². The molecule has 1 nitrogen and oxygen atoms in total. The van der Waals surface area contributed by atoms with Gasteiger partial charge in [0.15, 0.2) is 11.8 Å². The average Bonchev–Trinajstić information content (AvgIpc) is 2.90. The van der Waals surface area contributed by atoms with Gasteiger partial charge in [-0.1, -0.05) is 76.2 Å². The van der Waals surface area contributed by atoms with Crippen molar-refractivity contribution in [1.82, 2.24) is 0 Å². The molecule has 0 saturated carbocycles. The Morgan fingerprint density at radius 2 is 1.23 bits per heavy atom. The van der Waals surface area contributed by atoms with Crippen molar-refractivity contribution in [3.05, 3.63) is 65.2 Å². The number of hydrogen-bond acceptors (Lipinski definition) is 0. The molecule has 1 atom stereocenters. The molecule has 1 aliphatic heterocycles. The number of hydrogen-bond donors (Lipinski definition) is 0. The van der Waals surface area contributed by atoms with E-state index in [1.54, 1.807) is 0 Å². The maximum atomic E-state index is 9.75. The summed E-state index contributed by atoms with van der Waals surface area (Å²) in [6, 6.07) is 17.8. The first-order valence-electron chi connectivity index (χ1n) is 10.9. The molecule has 0 amide bonds. The second-order valence-electron chi connectivity index (χ2n) is 9.86. The SMILES string of the molecule is CC(C)c1cccc(C(C)C)c1[N+]1=CC(C)(c2ccccc2)CC1(C)C.F[B-](F)(F)F. The second-order valence-corrected chi connectivity index (χ2v) is 9.86. The highest BCUT2D eigenvalue weighted by molar-refractivity contribution is 6.50. The molecule has 6 heteroatoms. The molecule has 31 heavy (non-hydrogen) atoms. The smallest absolute Gasteiger partial charge is 0.418 e. The first-order chi connectivity index (χ1) is 14.2. The molecule has 1 unspecified atom stereocenters. The summed E-state index contributed by atoms with van der Waals surface area (Å²) in [5, 5.41) is 0. The third-order valence-electron chi connectivity index (χ3n) is 5.88. The maximum Gasteiger partial charge on any atom is 0.673 e. The van der Waals surface area contributed by atoms with E-state index in [1.807, 2.05) is 0 Å². The van der Waals surface area contributed by atoms with Crippen LogP contribution < -0.4 is 0 Å². The van der Waals surface area contributed by atoms with E-state index >= 15 is 0 Å². The van der Waals surface area contributed by atoms with E-state index in [0.717, 1.165) is 6.42 Å². The summed E-state index contributed by atoms with van der Waals surface area (Å²) in [7, 11) is -6.00. The molecule has 0 aliphatic carbocycles. The molecule has 0 N–H and O–H groups in total. The number of halogens is 4. The van der Waals surface area contributed by atoms with Gasteiger partial charge in [-0.05, 0) is 24.3 Å². The van der Waals surface area contributed by atoms with Crippen molar-refractivity contribution in [2.45, 2.75) is 77.7 Å². The van der Waals surface area contributed by atoms with E-state index < -0.39 is 7.25 Å². The van der Waals surface area contributed by atoms with Crippen LogP contribution >= 0.6 is 0 Å². The minimum Gasteiger partial charge on any atom is -0.418 e. The average molecular weight is 435 g/mol. The van der Waals surface area contributed by atoms with Crippen LogP contribution in [-0.2, 0) is 5.41 Å².